The molecule has 0 aliphatic rings. The maximum atomic E-state index is 14.3. The van der Waals surface area contributed by atoms with Crippen LogP contribution in [0.3, 0.4) is 0 Å². The van der Waals surface area contributed by atoms with Gasteiger partial charge in [-0.15, -0.1) is 5.92 Å². The van der Waals surface area contributed by atoms with Crippen molar-refractivity contribution < 1.29 is 13.2 Å². The monoisotopic (exact) mass is 390 g/mol. The molecule has 0 unspecified atom stereocenters. The highest BCUT2D eigenvalue weighted by molar-refractivity contribution is 5.73. The molecule has 0 saturated carbocycles. The van der Waals surface area contributed by atoms with Crippen LogP contribution in [0.1, 0.15) is 42.5 Å². The molecule has 0 atom stereocenters. The smallest absolute Gasteiger partial charge is 0.166 e. The second-order valence-corrected chi connectivity index (χ2v) is 6.72. The van der Waals surface area contributed by atoms with Crippen molar-refractivity contribution in [3.8, 4) is 23.0 Å². The number of halogens is 3. The highest BCUT2D eigenvalue weighted by atomic mass is 19.2. The zero-order valence-corrected chi connectivity index (χ0v) is 16.4. The molecule has 0 heterocycles. The standard InChI is InChI=1S/C26H21F3/c1-3-5-19-10-16-23(24(27)17-19)20-11-7-18(8-12-20)9-13-22-15-14-21(6-4-2)25(28)26(22)29/h7-17H,4,6H2,1-2H3. The van der Waals surface area contributed by atoms with Crippen LogP contribution in [-0.4, -0.2) is 0 Å². The van der Waals surface area contributed by atoms with Gasteiger partial charge in [0.25, 0.3) is 0 Å². The Kier molecular flexibility index (Phi) is 6.57. The zero-order valence-electron chi connectivity index (χ0n) is 16.4. The number of hydrogen-bond acceptors (Lipinski definition) is 0. The van der Waals surface area contributed by atoms with E-state index < -0.39 is 11.6 Å². The van der Waals surface area contributed by atoms with E-state index in [0.29, 0.717) is 23.1 Å². The van der Waals surface area contributed by atoms with Crippen LogP contribution < -0.4 is 0 Å². The summed E-state index contributed by atoms with van der Waals surface area (Å²) in [7, 11) is 0. The second-order valence-electron chi connectivity index (χ2n) is 6.72. The van der Waals surface area contributed by atoms with Crippen molar-refractivity contribution in [3.63, 3.8) is 0 Å². The molecule has 0 nitrogen and oxygen atoms in total. The van der Waals surface area contributed by atoms with Gasteiger partial charge < -0.3 is 0 Å². The molecule has 0 radical (unpaired) electrons. The normalized spacial score (nSPS) is 10.8. The van der Waals surface area contributed by atoms with Crippen LogP contribution in [0, 0.1) is 29.3 Å². The lowest BCUT2D eigenvalue weighted by Crippen LogP contribution is -1.96. The van der Waals surface area contributed by atoms with Gasteiger partial charge in [-0.1, -0.05) is 73.9 Å². The summed E-state index contributed by atoms with van der Waals surface area (Å²) in [6.07, 6.45) is 4.52. The van der Waals surface area contributed by atoms with E-state index in [1.165, 1.54) is 6.07 Å². The van der Waals surface area contributed by atoms with E-state index in [1.54, 1.807) is 55.5 Å². The van der Waals surface area contributed by atoms with Gasteiger partial charge in [-0.05, 0) is 42.2 Å². The molecule has 146 valence electrons. The molecule has 0 spiro atoms. The van der Waals surface area contributed by atoms with Gasteiger partial charge in [-0.25, -0.2) is 13.2 Å². The largest absolute Gasteiger partial charge is 0.206 e. The van der Waals surface area contributed by atoms with E-state index in [-0.39, 0.29) is 11.4 Å². The summed E-state index contributed by atoms with van der Waals surface area (Å²) in [6.45, 7) is 3.63. The van der Waals surface area contributed by atoms with Crippen LogP contribution >= 0.6 is 0 Å². The Morgan fingerprint density at radius 2 is 1.62 bits per heavy atom. The third kappa shape index (κ3) is 4.78. The summed E-state index contributed by atoms with van der Waals surface area (Å²) in [5.74, 6) is 3.63. The van der Waals surface area contributed by atoms with E-state index >= 15 is 0 Å². The van der Waals surface area contributed by atoms with Crippen LogP contribution in [0.15, 0.2) is 54.6 Å². The second kappa shape index (κ2) is 9.30. The molecule has 0 bridgehead atoms. The molecule has 0 aliphatic heterocycles. The molecule has 0 N–H and O–H groups in total. The molecule has 3 aromatic carbocycles. The van der Waals surface area contributed by atoms with Crippen molar-refractivity contribution >= 4 is 12.2 Å². The van der Waals surface area contributed by atoms with Gasteiger partial charge in [0.2, 0.25) is 0 Å². The van der Waals surface area contributed by atoms with E-state index in [2.05, 4.69) is 11.8 Å². The van der Waals surface area contributed by atoms with Gasteiger partial charge in [0.05, 0.1) is 0 Å². The lowest BCUT2D eigenvalue weighted by atomic mass is 10.0. The lowest BCUT2D eigenvalue weighted by Gasteiger charge is -2.06. The first-order valence-corrected chi connectivity index (χ1v) is 9.51. The van der Waals surface area contributed by atoms with Crippen LogP contribution in [0.4, 0.5) is 13.2 Å². The number of benzene rings is 3. The average Bonchev–Trinajstić information content (AvgIpc) is 2.72. The van der Waals surface area contributed by atoms with Crippen molar-refractivity contribution in [2.24, 2.45) is 0 Å². The molecule has 3 heteroatoms. The topological polar surface area (TPSA) is 0 Å². The number of hydrogen-bond donors (Lipinski definition) is 0. The van der Waals surface area contributed by atoms with Gasteiger partial charge in [-0.2, -0.15) is 0 Å². The summed E-state index contributed by atoms with van der Waals surface area (Å²) in [4.78, 5) is 0. The molecule has 0 aliphatic carbocycles. The molecule has 0 fully saturated rings. The van der Waals surface area contributed by atoms with E-state index in [4.69, 9.17) is 0 Å². The fourth-order valence-corrected chi connectivity index (χ4v) is 3.13. The van der Waals surface area contributed by atoms with Crippen molar-refractivity contribution in [2.75, 3.05) is 0 Å². The predicted octanol–water partition coefficient (Wildman–Crippen LogP) is 7.27. The Morgan fingerprint density at radius 3 is 2.28 bits per heavy atom. The molecule has 3 rings (SSSR count). The Hall–Kier alpha value is -3.25. The maximum absolute atomic E-state index is 14.3. The minimum absolute atomic E-state index is 0.199. The first-order chi connectivity index (χ1) is 14.0. The van der Waals surface area contributed by atoms with Crippen LogP contribution in [0.5, 0.6) is 0 Å². The summed E-state index contributed by atoms with van der Waals surface area (Å²) >= 11 is 0. The van der Waals surface area contributed by atoms with Crippen LogP contribution in [0.25, 0.3) is 23.3 Å². The highest BCUT2D eigenvalue weighted by Gasteiger charge is 2.11. The summed E-state index contributed by atoms with van der Waals surface area (Å²) in [5.41, 5.74) is 3.25. The van der Waals surface area contributed by atoms with Crippen molar-refractivity contribution in [3.05, 3.63) is 94.3 Å². The fourth-order valence-electron chi connectivity index (χ4n) is 3.13. The van der Waals surface area contributed by atoms with Crippen LogP contribution in [-0.2, 0) is 6.42 Å². The third-order valence-corrected chi connectivity index (χ3v) is 4.63. The molecule has 0 amide bonds. The Labute approximate surface area is 169 Å². The average molecular weight is 390 g/mol. The minimum Gasteiger partial charge on any atom is -0.206 e. The van der Waals surface area contributed by atoms with E-state index in [9.17, 15) is 13.2 Å². The Balaban J connectivity index is 1.81. The Morgan fingerprint density at radius 1 is 0.862 bits per heavy atom. The summed E-state index contributed by atoms with van der Waals surface area (Å²) in [6, 6.07) is 15.3. The van der Waals surface area contributed by atoms with E-state index in [0.717, 1.165) is 17.5 Å². The van der Waals surface area contributed by atoms with E-state index in [1.807, 2.05) is 19.1 Å². The van der Waals surface area contributed by atoms with Gasteiger partial charge in [0, 0.05) is 16.7 Å². The van der Waals surface area contributed by atoms with Crippen molar-refractivity contribution in [2.45, 2.75) is 26.7 Å². The third-order valence-electron chi connectivity index (χ3n) is 4.63. The molecule has 3 aromatic rings. The van der Waals surface area contributed by atoms with Crippen molar-refractivity contribution in [1.82, 2.24) is 0 Å². The molecular formula is C26H21F3. The molecule has 0 saturated heterocycles. The number of aryl methyl sites for hydroxylation is 1. The minimum atomic E-state index is -0.832. The molecule has 0 aromatic heterocycles. The first-order valence-electron chi connectivity index (χ1n) is 9.51. The van der Waals surface area contributed by atoms with Gasteiger partial charge in [-0.3, -0.25) is 0 Å². The Bertz CT molecular complexity index is 1100. The zero-order chi connectivity index (χ0) is 20.8. The highest BCUT2D eigenvalue weighted by Crippen LogP contribution is 2.25. The quantitative estimate of drug-likeness (QED) is 0.317. The van der Waals surface area contributed by atoms with Crippen molar-refractivity contribution in [1.29, 1.82) is 0 Å². The van der Waals surface area contributed by atoms with Gasteiger partial charge >= 0.3 is 0 Å². The summed E-state index contributed by atoms with van der Waals surface area (Å²) < 4.78 is 42.6. The van der Waals surface area contributed by atoms with Crippen LogP contribution in [0.2, 0.25) is 0 Å². The molecule has 29 heavy (non-hydrogen) atoms. The SMILES string of the molecule is CC#Cc1ccc(-c2ccc(C=Cc3ccc(CCC)c(F)c3F)cc2)c(F)c1. The summed E-state index contributed by atoms with van der Waals surface area (Å²) in [5, 5.41) is 0. The van der Waals surface area contributed by atoms with Gasteiger partial charge in [0.15, 0.2) is 11.6 Å². The number of rotatable bonds is 5. The maximum Gasteiger partial charge on any atom is 0.166 e. The molecular weight excluding hydrogens is 369 g/mol. The van der Waals surface area contributed by atoms with Gasteiger partial charge in [0.1, 0.15) is 5.82 Å². The lowest BCUT2D eigenvalue weighted by molar-refractivity contribution is 0.496. The first kappa shape index (κ1) is 20.5. The fraction of sp³-hybridized carbons (Fsp3) is 0.154. The predicted molar refractivity (Wildman–Crippen MR) is 114 cm³/mol.